The van der Waals surface area contributed by atoms with Crippen LogP contribution in [0.5, 0.6) is 0 Å². The Kier molecular flexibility index (Phi) is 7.99. The highest BCUT2D eigenvalue weighted by Gasteiger charge is 2.28. The van der Waals surface area contributed by atoms with Crippen LogP contribution in [0.4, 0.5) is 5.69 Å². The van der Waals surface area contributed by atoms with Gasteiger partial charge in [-0.1, -0.05) is 48.0 Å². The summed E-state index contributed by atoms with van der Waals surface area (Å²) in [5, 5.41) is 2.86. The van der Waals surface area contributed by atoms with Gasteiger partial charge in [-0.05, 0) is 62.2 Å². The zero-order chi connectivity index (χ0) is 23.1. The minimum Gasteiger partial charge on any atom is -0.354 e. The van der Waals surface area contributed by atoms with Gasteiger partial charge in [0, 0.05) is 17.2 Å². The van der Waals surface area contributed by atoms with Gasteiger partial charge in [0.2, 0.25) is 5.91 Å². The minimum absolute atomic E-state index is 0.156. The maximum absolute atomic E-state index is 13.4. The summed E-state index contributed by atoms with van der Waals surface area (Å²) in [5.41, 5.74) is 3.43. The Labute approximate surface area is 194 Å². The first-order valence-corrected chi connectivity index (χ1v) is 12.8. The lowest BCUT2D eigenvalue weighted by Gasteiger charge is -2.26. The molecule has 7 heteroatoms. The molecule has 5 nitrogen and oxygen atoms in total. The number of nitrogens with one attached hydrogen (secondary N) is 1. The van der Waals surface area contributed by atoms with Crippen molar-refractivity contribution in [3.8, 4) is 0 Å². The summed E-state index contributed by atoms with van der Waals surface area (Å²) in [6.45, 7) is 5.96. The van der Waals surface area contributed by atoms with Crippen LogP contribution < -0.4 is 9.62 Å². The molecule has 168 valence electrons. The normalized spacial score (nSPS) is 11.2. The second-order valence-electron chi connectivity index (χ2n) is 7.63. The number of benzene rings is 3. The van der Waals surface area contributed by atoms with Gasteiger partial charge in [0.1, 0.15) is 6.54 Å². The minimum atomic E-state index is -3.90. The predicted octanol–water partition coefficient (Wildman–Crippen LogP) is 4.72. The fourth-order valence-corrected chi connectivity index (χ4v) is 5.45. The highest BCUT2D eigenvalue weighted by molar-refractivity contribution is 7.99. The highest BCUT2D eigenvalue weighted by atomic mass is 32.2. The Balaban J connectivity index is 1.73. The summed E-state index contributed by atoms with van der Waals surface area (Å²) in [5.74, 6) is 0.360. The maximum atomic E-state index is 13.4. The van der Waals surface area contributed by atoms with Crippen LogP contribution in [0.25, 0.3) is 0 Å². The Hall–Kier alpha value is -2.77. The summed E-state index contributed by atoms with van der Waals surface area (Å²) in [7, 11) is -3.90. The van der Waals surface area contributed by atoms with Crippen molar-refractivity contribution in [2.45, 2.75) is 30.6 Å². The molecule has 0 aliphatic heterocycles. The van der Waals surface area contributed by atoms with Crippen molar-refractivity contribution in [3.05, 3.63) is 89.5 Å². The number of carbonyl (C=O) groups excluding carboxylic acids is 1. The van der Waals surface area contributed by atoms with Gasteiger partial charge < -0.3 is 5.32 Å². The summed E-state index contributed by atoms with van der Waals surface area (Å²) in [4.78, 5) is 14.0. The molecule has 0 saturated carbocycles. The van der Waals surface area contributed by atoms with E-state index in [1.165, 1.54) is 9.87 Å². The van der Waals surface area contributed by atoms with Gasteiger partial charge in [-0.3, -0.25) is 9.10 Å². The fourth-order valence-electron chi connectivity index (χ4n) is 3.19. The Morgan fingerprint density at radius 1 is 0.906 bits per heavy atom. The van der Waals surface area contributed by atoms with Crippen LogP contribution >= 0.6 is 11.8 Å². The molecule has 0 spiro atoms. The van der Waals surface area contributed by atoms with Gasteiger partial charge in [0.05, 0.1) is 10.6 Å². The van der Waals surface area contributed by atoms with Crippen molar-refractivity contribution in [1.82, 2.24) is 5.32 Å². The van der Waals surface area contributed by atoms with Gasteiger partial charge in [-0.2, -0.15) is 0 Å². The quantitative estimate of drug-likeness (QED) is 0.365. The summed E-state index contributed by atoms with van der Waals surface area (Å²) < 4.78 is 28.0. The number of nitrogens with zero attached hydrogens (tertiary/aromatic N) is 1. The molecule has 1 N–H and O–H groups in total. The van der Waals surface area contributed by atoms with Gasteiger partial charge in [-0.15, -0.1) is 11.8 Å². The Bertz CT molecular complexity index is 1160. The van der Waals surface area contributed by atoms with E-state index in [0.717, 1.165) is 16.0 Å². The average Bonchev–Trinajstić information content (AvgIpc) is 2.78. The average molecular weight is 469 g/mol. The summed E-state index contributed by atoms with van der Waals surface area (Å²) >= 11 is 1.65. The highest BCUT2D eigenvalue weighted by Crippen LogP contribution is 2.27. The summed E-state index contributed by atoms with van der Waals surface area (Å²) in [6, 6.07) is 22.0. The lowest BCUT2D eigenvalue weighted by molar-refractivity contribution is -0.119. The number of carbonyl (C=O) groups is 1. The van der Waals surface area contributed by atoms with Crippen LogP contribution in [0.2, 0.25) is 0 Å². The first kappa shape index (κ1) is 23.9. The van der Waals surface area contributed by atoms with Crippen molar-refractivity contribution in [1.29, 1.82) is 0 Å². The van der Waals surface area contributed by atoms with E-state index < -0.39 is 10.0 Å². The lowest BCUT2D eigenvalue weighted by atomic mass is 10.1. The summed E-state index contributed by atoms with van der Waals surface area (Å²) in [6.07, 6.45) is 0. The van der Waals surface area contributed by atoms with Crippen LogP contribution in [0.1, 0.15) is 16.7 Å². The molecule has 0 radical (unpaired) electrons. The third-order valence-corrected chi connectivity index (χ3v) is 7.75. The van der Waals surface area contributed by atoms with E-state index >= 15 is 0 Å². The molecule has 3 aromatic rings. The lowest BCUT2D eigenvalue weighted by Crippen LogP contribution is -2.41. The molecule has 3 aromatic carbocycles. The zero-order valence-electron chi connectivity index (χ0n) is 18.5. The van der Waals surface area contributed by atoms with Crippen LogP contribution in [0.15, 0.2) is 82.6 Å². The molecule has 0 aliphatic rings. The predicted molar refractivity (Wildman–Crippen MR) is 132 cm³/mol. The van der Waals surface area contributed by atoms with E-state index in [1.54, 1.807) is 48.2 Å². The number of amides is 1. The molecule has 0 aromatic heterocycles. The Morgan fingerprint density at radius 2 is 1.56 bits per heavy atom. The third-order valence-electron chi connectivity index (χ3n) is 4.97. The SMILES string of the molecule is Cc1ccc(SCCNC(=O)CN(c2cc(C)ccc2C)S(=O)(=O)c2ccccc2)cc1. The zero-order valence-corrected chi connectivity index (χ0v) is 20.2. The molecule has 0 aliphatic carbocycles. The second kappa shape index (κ2) is 10.7. The number of aryl methyl sites for hydroxylation is 3. The van der Waals surface area contributed by atoms with Crippen LogP contribution in [0, 0.1) is 20.8 Å². The van der Waals surface area contributed by atoms with E-state index in [4.69, 9.17) is 0 Å². The molecular formula is C25H28N2O3S2. The van der Waals surface area contributed by atoms with E-state index in [9.17, 15) is 13.2 Å². The van der Waals surface area contributed by atoms with Gasteiger partial charge >= 0.3 is 0 Å². The largest absolute Gasteiger partial charge is 0.354 e. The number of hydrogen-bond donors (Lipinski definition) is 1. The maximum Gasteiger partial charge on any atom is 0.264 e. The van der Waals surface area contributed by atoms with Crippen molar-refractivity contribution >= 4 is 33.4 Å². The number of anilines is 1. The van der Waals surface area contributed by atoms with Gasteiger partial charge in [0.25, 0.3) is 10.0 Å². The molecule has 0 fully saturated rings. The Morgan fingerprint density at radius 3 is 2.25 bits per heavy atom. The number of thioether (sulfide) groups is 1. The van der Waals surface area contributed by atoms with Crippen molar-refractivity contribution in [2.75, 3.05) is 23.1 Å². The molecule has 3 rings (SSSR count). The second-order valence-corrected chi connectivity index (χ2v) is 10.7. The molecule has 0 saturated heterocycles. The van der Waals surface area contributed by atoms with Crippen molar-refractivity contribution in [2.24, 2.45) is 0 Å². The van der Waals surface area contributed by atoms with Gasteiger partial charge in [0.15, 0.2) is 0 Å². The first-order valence-electron chi connectivity index (χ1n) is 10.4. The molecule has 1 amide bonds. The number of rotatable bonds is 9. The first-order chi connectivity index (χ1) is 15.3. The standard InChI is InChI=1S/C25H28N2O3S2/c1-19-10-13-22(14-11-19)31-16-15-26-25(28)18-27(24-17-20(2)9-12-21(24)3)32(29,30)23-7-5-4-6-8-23/h4-14,17H,15-16,18H2,1-3H3,(H,26,28). The molecule has 32 heavy (non-hydrogen) atoms. The van der Waals surface area contributed by atoms with Crippen LogP contribution in [-0.2, 0) is 14.8 Å². The topological polar surface area (TPSA) is 66.5 Å². The molecule has 0 heterocycles. The van der Waals surface area contributed by atoms with E-state index in [1.807, 2.05) is 32.9 Å². The molecular weight excluding hydrogens is 440 g/mol. The van der Waals surface area contributed by atoms with Crippen molar-refractivity contribution < 1.29 is 13.2 Å². The van der Waals surface area contributed by atoms with E-state index in [-0.39, 0.29) is 17.3 Å². The number of hydrogen-bond acceptors (Lipinski definition) is 4. The smallest absolute Gasteiger partial charge is 0.264 e. The third kappa shape index (κ3) is 6.14. The molecule has 0 unspecified atom stereocenters. The van der Waals surface area contributed by atoms with E-state index in [0.29, 0.717) is 18.0 Å². The van der Waals surface area contributed by atoms with Crippen molar-refractivity contribution in [3.63, 3.8) is 0 Å². The van der Waals surface area contributed by atoms with Gasteiger partial charge in [-0.25, -0.2) is 8.42 Å². The van der Waals surface area contributed by atoms with Crippen LogP contribution in [-0.4, -0.2) is 33.2 Å². The molecule has 0 bridgehead atoms. The van der Waals surface area contributed by atoms with E-state index in [2.05, 4.69) is 29.6 Å². The monoisotopic (exact) mass is 468 g/mol. The molecule has 0 atom stereocenters. The van der Waals surface area contributed by atoms with Crippen LogP contribution in [0.3, 0.4) is 0 Å². The number of sulfonamides is 1. The fraction of sp³-hybridized carbons (Fsp3) is 0.240.